The third-order valence-electron chi connectivity index (χ3n) is 3.72. The predicted octanol–water partition coefficient (Wildman–Crippen LogP) is 4.05. The van der Waals surface area contributed by atoms with Crippen molar-refractivity contribution in [1.29, 1.82) is 10.5 Å². The van der Waals surface area contributed by atoms with E-state index in [-0.39, 0.29) is 5.57 Å². The first-order valence-corrected chi connectivity index (χ1v) is 7.88. The van der Waals surface area contributed by atoms with Gasteiger partial charge in [-0.15, -0.1) is 0 Å². The van der Waals surface area contributed by atoms with E-state index >= 15 is 0 Å². The monoisotopic (exact) mass is 316 g/mol. The van der Waals surface area contributed by atoms with Crippen LogP contribution >= 0.6 is 0 Å². The molecular weight excluding hydrogens is 296 g/mol. The minimum absolute atomic E-state index is 0.0569. The van der Waals surface area contributed by atoms with Gasteiger partial charge in [0.15, 0.2) is 0 Å². The molecule has 2 aromatic rings. The predicted molar refractivity (Wildman–Crippen MR) is 95.6 cm³/mol. The summed E-state index contributed by atoms with van der Waals surface area (Å²) in [6.45, 7) is 4.74. The summed E-state index contributed by atoms with van der Waals surface area (Å²) in [7, 11) is 0. The zero-order valence-electron chi connectivity index (χ0n) is 13.7. The van der Waals surface area contributed by atoms with E-state index in [2.05, 4.69) is 47.5 Å². The van der Waals surface area contributed by atoms with Crippen molar-refractivity contribution in [2.75, 3.05) is 11.9 Å². The molecule has 24 heavy (non-hydrogen) atoms. The van der Waals surface area contributed by atoms with Crippen molar-refractivity contribution in [2.24, 2.45) is 0 Å². The maximum atomic E-state index is 8.83. The van der Waals surface area contributed by atoms with Gasteiger partial charge in [0, 0.05) is 25.0 Å². The van der Waals surface area contributed by atoms with Crippen LogP contribution in [0, 0.1) is 22.7 Å². The standard InChI is InChI=1S/C20H20N4/c1-2-24(15-17-8-4-3-5-9-17)16-19-10-6-7-11-20(19)23-14-18(12-21)13-22/h3-11,14,23H,2,15-16H2,1H3. The first-order chi connectivity index (χ1) is 11.8. The number of nitrogens with zero attached hydrogens (tertiary/aromatic N) is 3. The van der Waals surface area contributed by atoms with Crippen LogP contribution in [0.25, 0.3) is 0 Å². The molecule has 120 valence electrons. The molecule has 0 amide bonds. The zero-order valence-corrected chi connectivity index (χ0v) is 13.7. The molecule has 0 spiro atoms. The minimum atomic E-state index is 0.0569. The second kappa shape index (κ2) is 9.15. The van der Waals surface area contributed by atoms with Gasteiger partial charge in [0.25, 0.3) is 0 Å². The number of benzene rings is 2. The third kappa shape index (κ3) is 4.98. The molecule has 0 bridgehead atoms. The van der Waals surface area contributed by atoms with Crippen LogP contribution in [-0.2, 0) is 13.1 Å². The van der Waals surface area contributed by atoms with Gasteiger partial charge < -0.3 is 5.32 Å². The van der Waals surface area contributed by atoms with Crippen molar-refractivity contribution in [3.8, 4) is 12.1 Å². The van der Waals surface area contributed by atoms with Gasteiger partial charge in [-0.25, -0.2) is 0 Å². The van der Waals surface area contributed by atoms with E-state index in [1.165, 1.54) is 11.8 Å². The Balaban J connectivity index is 2.12. The average molecular weight is 316 g/mol. The Morgan fingerprint density at radius 3 is 2.33 bits per heavy atom. The largest absolute Gasteiger partial charge is 0.360 e. The SMILES string of the molecule is CCN(Cc1ccccc1)Cc1ccccc1NC=C(C#N)C#N. The molecule has 2 rings (SSSR count). The molecule has 0 saturated heterocycles. The molecular formula is C20H20N4. The van der Waals surface area contributed by atoms with Crippen molar-refractivity contribution in [3.63, 3.8) is 0 Å². The fraction of sp³-hybridized carbons (Fsp3) is 0.200. The molecule has 0 heterocycles. The van der Waals surface area contributed by atoms with Gasteiger partial charge in [-0.1, -0.05) is 55.5 Å². The van der Waals surface area contributed by atoms with Crippen LogP contribution in [0.15, 0.2) is 66.4 Å². The van der Waals surface area contributed by atoms with E-state index in [1.54, 1.807) is 0 Å². The van der Waals surface area contributed by atoms with Crippen LogP contribution in [-0.4, -0.2) is 11.4 Å². The molecule has 0 aliphatic heterocycles. The number of rotatable bonds is 7. The molecule has 0 aliphatic carbocycles. The summed E-state index contributed by atoms with van der Waals surface area (Å²) in [6, 6.07) is 22.0. The fourth-order valence-electron chi connectivity index (χ4n) is 2.40. The second-order valence-corrected chi connectivity index (χ2v) is 5.37. The van der Waals surface area contributed by atoms with Crippen LogP contribution in [0.5, 0.6) is 0 Å². The number of hydrogen-bond donors (Lipinski definition) is 1. The molecule has 4 heteroatoms. The van der Waals surface area contributed by atoms with Crippen molar-refractivity contribution in [1.82, 2.24) is 4.90 Å². The smallest absolute Gasteiger partial charge is 0.145 e. The van der Waals surface area contributed by atoms with Gasteiger partial charge >= 0.3 is 0 Å². The summed E-state index contributed by atoms with van der Waals surface area (Å²) < 4.78 is 0. The Morgan fingerprint density at radius 2 is 1.67 bits per heavy atom. The number of anilines is 1. The van der Waals surface area contributed by atoms with Crippen LogP contribution in [0.4, 0.5) is 5.69 Å². The van der Waals surface area contributed by atoms with E-state index in [0.717, 1.165) is 30.9 Å². The van der Waals surface area contributed by atoms with Crippen molar-refractivity contribution >= 4 is 5.69 Å². The van der Waals surface area contributed by atoms with E-state index in [0.29, 0.717) is 0 Å². The van der Waals surface area contributed by atoms with E-state index < -0.39 is 0 Å². The van der Waals surface area contributed by atoms with E-state index in [4.69, 9.17) is 10.5 Å². The first-order valence-electron chi connectivity index (χ1n) is 7.88. The van der Waals surface area contributed by atoms with E-state index in [1.807, 2.05) is 36.4 Å². The quantitative estimate of drug-likeness (QED) is 0.783. The number of nitriles is 2. The lowest BCUT2D eigenvalue weighted by molar-refractivity contribution is 0.272. The molecule has 1 N–H and O–H groups in total. The molecule has 2 aromatic carbocycles. The van der Waals surface area contributed by atoms with Gasteiger partial charge in [0.1, 0.15) is 17.7 Å². The molecule has 0 atom stereocenters. The summed E-state index contributed by atoms with van der Waals surface area (Å²) in [4.78, 5) is 2.34. The van der Waals surface area contributed by atoms with Crippen molar-refractivity contribution < 1.29 is 0 Å². The van der Waals surface area contributed by atoms with Crippen molar-refractivity contribution in [2.45, 2.75) is 20.0 Å². The number of nitrogens with one attached hydrogen (secondary N) is 1. The van der Waals surface area contributed by atoms with Crippen molar-refractivity contribution in [3.05, 3.63) is 77.5 Å². The van der Waals surface area contributed by atoms with Gasteiger partial charge in [-0.05, 0) is 23.7 Å². The number of para-hydroxylation sites is 1. The highest BCUT2D eigenvalue weighted by Gasteiger charge is 2.08. The Hall–Kier alpha value is -3.08. The molecule has 0 unspecified atom stereocenters. The van der Waals surface area contributed by atoms with Crippen LogP contribution in [0.1, 0.15) is 18.1 Å². The van der Waals surface area contributed by atoms with Crippen LogP contribution < -0.4 is 5.32 Å². The molecule has 0 radical (unpaired) electrons. The summed E-state index contributed by atoms with van der Waals surface area (Å²) >= 11 is 0. The van der Waals surface area contributed by atoms with Gasteiger partial charge in [-0.3, -0.25) is 4.90 Å². The lowest BCUT2D eigenvalue weighted by Crippen LogP contribution is -2.22. The fourth-order valence-corrected chi connectivity index (χ4v) is 2.40. The summed E-state index contributed by atoms with van der Waals surface area (Å²) in [5, 5.41) is 20.7. The molecule has 0 fully saturated rings. The van der Waals surface area contributed by atoms with Crippen LogP contribution in [0.2, 0.25) is 0 Å². The Bertz CT molecular complexity index is 750. The average Bonchev–Trinajstić information content (AvgIpc) is 2.64. The van der Waals surface area contributed by atoms with Crippen LogP contribution in [0.3, 0.4) is 0 Å². The Kier molecular flexibility index (Phi) is 6.58. The Labute approximate surface area is 143 Å². The van der Waals surface area contributed by atoms with Gasteiger partial charge in [0.2, 0.25) is 0 Å². The molecule has 0 saturated carbocycles. The lowest BCUT2D eigenvalue weighted by atomic mass is 10.1. The third-order valence-corrected chi connectivity index (χ3v) is 3.72. The normalized spacial score (nSPS) is 9.83. The molecule has 0 aromatic heterocycles. The van der Waals surface area contributed by atoms with Gasteiger partial charge in [-0.2, -0.15) is 10.5 Å². The number of hydrogen-bond acceptors (Lipinski definition) is 4. The van der Waals surface area contributed by atoms with Gasteiger partial charge in [0.05, 0.1) is 0 Å². The second-order valence-electron chi connectivity index (χ2n) is 5.37. The maximum absolute atomic E-state index is 8.83. The summed E-state index contributed by atoms with van der Waals surface area (Å²) in [5.74, 6) is 0. The highest BCUT2D eigenvalue weighted by molar-refractivity contribution is 5.55. The molecule has 4 nitrogen and oxygen atoms in total. The topological polar surface area (TPSA) is 62.9 Å². The molecule has 0 aliphatic rings. The zero-order chi connectivity index (χ0) is 17.2. The summed E-state index contributed by atoms with van der Waals surface area (Å²) in [5.41, 5.74) is 3.37. The summed E-state index contributed by atoms with van der Waals surface area (Å²) in [6.07, 6.45) is 1.45. The Morgan fingerprint density at radius 1 is 1.00 bits per heavy atom. The first kappa shape index (κ1) is 17.3. The maximum Gasteiger partial charge on any atom is 0.145 e. The highest BCUT2D eigenvalue weighted by Crippen LogP contribution is 2.19. The number of allylic oxidation sites excluding steroid dienone is 1. The minimum Gasteiger partial charge on any atom is -0.360 e. The highest BCUT2D eigenvalue weighted by atomic mass is 15.1. The van der Waals surface area contributed by atoms with E-state index in [9.17, 15) is 0 Å². The lowest BCUT2D eigenvalue weighted by Gasteiger charge is -2.22.